The Morgan fingerprint density at radius 1 is 1.42 bits per heavy atom. The molecule has 1 aromatic heterocycles. The van der Waals surface area contributed by atoms with E-state index >= 15 is 0 Å². The highest BCUT2D eigenvalue weighted by atomic mass is 32.1. The molecule has 1 saturated carbocycles. The number of nitrogens with zero attached hydrogens (tertiary/aromatic N) is 2. The fourth-order valence-electron chi connectivity index (χ4n) is 2.55. The van der Waals surface area contributed by atoms with Gasteiger partial charge in [0.2, 0.25) is 0 Å². The molecule has 4 nitrogen and oxygen atoms in total. The van der Waals surface area contributed by atoms with Gasteiger partial charge in [0.05, 0.1) is 0 Å². The fourth-order valence-corrected chi connectivity index (χ4v) is 2.82. The van der Waals surface area contributed by atoms with Gasteiger partial charge in [0.25, 0.3) is 0 Å². The van der Waals surface area contributed by atoms with Gasteiger partial charge in [0, 0.05) is 31.0 Å². The Kier molecular flexibility index (Phi) is 5.63. The fraction of sp³-hybridized carbons (Fsp3) is 0.714. The number of hydrogen-bond donors (Lipinski definition) is 2. The summed E-state index contributed by atoms with van der Waals surface area (Å²) in [6.45, 7) is 3.92. The number of aromatic nitrogens is 2. The Morgan fingerprint density at radius 2 is 2.21 bits per heavy atom. The van der Waals surface area contributed by atoms with Gasteiger partial charge in [-0.15, -0.1) is 0 Å². The lowest BCUT2D eigenvalue weighted by molar-refractivity contribution is 0.411. The normalized spacial score (nSPS) is 16.3. The summed E-state index contributed by atoms with van der Waals surface area (Å²) < 4.78 is 2.03. The SMILES string of the molecule is Cc1ccnn1CCCNC(=S)NC1CCCCC1. The van der Waals surface area contributed by atoms with Crippen LogP contribution in [0.1, 0.15) is 44.2 Å². The molecule has 1 fully saturated rings. The molecule has 0 spiro atoms. The van der Waals surface area contributed by atoms with Crippen molar-refractivity contribution in [2.45, 2.75) is 58.0 Å². The molecule has 106 valence electrons. The van der Waals surface area contributed by atoms with Gasteiger partial charge < -0.3 is 10.6 Å². The van der Waals surface area contributed by atoms with Crippen molar-refractivity contribution in [1.82, 2.24) is 20.4 Å². The summed E-state index contributed by atoms with van der Waals surface area (Å²) in [7, 11) is 0. The highest BCUT2D eigenvalue weighted by Crippen LogP contribution is 2.17. The van der Waals surface area contributed by atoms with E-state index in [0.717, 1.165) is 24.6 Å². The molecule has 1 aromatic rings. The molecule has 19 heavy (non-hydrogen) atoms. The molecule has 0 atom stereocenters. The third-order valence-electron chi connectivity index (χ3n) is 3.70. The second kappa shape index (κ2) is 7.48. The Labute approximate surface area is 121 Å². The average molecular weight is 280 g/mol. The number of thiocarbonyl (C=S) groups is 1. The molecule has 0 unspecified atom stereocenters. The van der Waals surface area contributed by atoms with Gasteiger partial charge in [-0.05, 0) is 44.5 Å². The first kappa shape index (κ1) is 14.3. The molecule has 0 radical (unpaired) electrons. The summed E-state index contributed by atoms with van der Waals surface area (Å²) in [6.07, 6.45) is 9.44. The maximum atomic E-state index is 5.33. The van der Waals surface area contributed by atoms with E-state index in [2.05, 4.69) is 22.7 Å². The summed E-state index contributed by atoms with van der Waals surface area (Å²) in [4.78, 5) is 0. The molecule has 1 heterocycles. The highest BCUT2D eigenvalue weighted by Gasteiger charge is 2.13. The summed E-state index contributed by atoms with van der Waals surface area (Å²) in [6, 6.07) is 2.62. The van der Waals surface area contributed by atoms with Crippen LogP contribution in [0.4, 0.5) is 0 Å². The van der Waals surface area contributed by atoms with Crippen molar-refractivity contribution in [3.63, 3.8) is 0 Å². The summed E-state index contributed by atoms with van der Waals surface area (Å²) in [5, 5.41) is 11.8. The van der Waals surface area contributed by atoms with Crippen molar-refractivity contribution < 1.29 is 0 Å². The van der Waals surface area contributed by atoms with Crippen molar-refractivity contribution in [3.05, 3.63) is 18.0 Å². The molecule has 2 rings (SSSR count). The number of hydrogen-bond acceptors (Lipinski definition) is 2. The van der Waals surface area contributed by atoms with Gasteiger partial charge in [0.15, 0.2) is 5.11 Å². The first-order valence-corrected chi connectivity index (χ1v) is 7.69. The minimum Gasteiger partial charge on any atom is -0.363 e. The van der Waals surface area contributed by atoms with Crippen LogP contribution >= 0.6 is 12.2 Å². The van der Waals surface area contributed by atoms with E-state index in [9.17, 15) is 0 Å². The Bertz CT molecular complexity index is 396. The molecular weight excluding hydrogens is 256 g/mol. The van der Waals surface area contributed by atoms with Gasteiger partial charge in [-0.2, -0.15) is 5.10 Å². The quantitative estimate of drug-likeness (QED) is 0.642. The van der Waals surface area contributed by atoms with E-state index in [1.807, 2.05) is 16.9 Å². The Morgan fingerprint density at radius 3 is 2.89 bits per heavy atom. The van der Waals surface area contributed by atoms with Gasteiger partial charge in [-0.25, -0.2) is 0 Å². The van der Waals surface area contributed by atoms with E-state index in [-0.39, 0.29) is 0 Å². The first-order valence-electron chi connectivity index (χ1n) is 7.28. The van der Waals surface area contributed by atoms with Crippen LogP contribution in [0.15, 0.2) is 12.3 Å². The molecule has 0 saturated heterocycles. The smallest absolute Gasteiger partial charge is 0.166 e. The molecule has 1 aliphatic rings. The van der Waals surface area contributed by atoms with E-state index in [1.54, 1.807) is 0 Å². The molecule has 1 aliphatic carbocycles. The molecule has 0 amide bonds. The Balaban J connectivity index is 1.57. The zero-order valence-corrected chi connectivity index (χ0v) is 12.5. The zero-order valence-electron chi connectivity index (χ0n) is 11.7. The monoisotopic (exact) mass is 280 g/mol. The lowest BCUT2D eigenvalue weighted by Gasteiger charge is -2.24. The second-order valence-electron chi connectivity index (χ2n) is 5.28. The number of aryl methyl sites for hydroxylation is 2. The standard InChI is InChI=1S/C14H24N4S/c1-12-8-10-16-18(12)11-5-9-15-14(19)17-13-6-3-2-4-7-13/h8,10,13H,2-7,9,11H2,1H3,(H2,15,17,19). The van der Waals surface area contributed by atoms with Crippen LogP contribution in [0.5, 0.6) is 0 Å². The van der Waals surface area contributed by atoms with Crippen molar-refractivity contribution in [3.8, 4) is 0 Å². The summed E-state index contributed by atoms with van der Waals surface area (Å²) >= 11 is 5.33. The van der Waals surface area contributed by atoms with E-state index in [0.29, 0.717) is 6.04 Å². The van der Waals surface area contributed by atoms with Crippen LogP contribution in [0, 0.1) is 6.92 Å². The summed E-state index contributed by atoms with van der Waals surface area (Å²) in [5.41, 5.74) is 1.21. The van der Waals surface area contributed by atoms with E-state index < -0.39 is 0 Å². The van der Waals surface area contributed by atoms with Crippen LogP contribution in [-0.2, 0) is 6.54 Å². The average Bonchev–Trinajstić information content (AvgIpc) is 2.81. The van der Waals surface area contributed by atoms with Gasteiger partial charge in [0.1, 0.15) is 0 Å². The van der Waals surface area contributed by atoms with Crippen molar-refractivity contribution in [2.75, 3.05) is 6.54 Å². The minimum atomic E-state index is 0.585. The van der Waals surface area contributed by atoms with Crippen LogP contribution in [0.2, 0.25) is 0 Å². The van der Waals surface area contributed by atoms with E-state index in [1.165, 1.54) is 37.8 Å². The molecule has 5 heteroatoms. The Hall–Kier alpha value is -1.10. The number of nitrogens with one attached hydrogen (secondary N) is 2. The van der Waals surface area contributed by atoms with Gasteiger partial charge >= 0.3 is 0 Å². The summed E-state index contributed by atoms with van der Waals surface area (Å²) in [5.74, 6) is 0. The van der Waals surface area contributed by atoms with E-state index in [4.69, 9.17) is 12.2 Å². The van der Waals surface area contributed by atoms with Gasteiger partial charge in [-0.3, -0.25) is 4.68 Å². The first-order chi connectivity index (χ1) is 9.25. The lowest BCUT2D eigenvalue weighted by Crippen LogP contribution is -2.43. The number of rotatable bonds is 5. The minimum absolute atomic E-state index is 0.585. The zero-order chi connectivity index (χ0) is 13.5. The van der Waals surface area contributed by atoms with Crippen molar-refractivity contribution in [1.29, 1.82) is 0 Å². The molecular formula is C14H24N4S. The second-order valence-corrected chi connectivity index (χ2v) is 5.69. The van der Waals surface area contributed by atoms with Crippen molar-refractivity contribution in [2.24, 2.45) is 0 Å². The molecule has 0 aromatic carbocycles. The third kappa shape index (κ3) is 4.82. The molecule has 0 aliphatic heterocycles. The largest absolute Gasteiger partial charge is 0.363 e. The van der Waals surface area contributed by atoms with Crippen LogP contribution < -0.4 is 10.6 Å². The maximum absolute atomic E-state index is 5.33. The predicted octanol–water partition coefficient (Wildman–Crippen LogP) is 2.38. The van der Waals surface area contributed by atoms with Gasteiger partial charge in [-0.1, -0.05) is 19.3 Å². The van der Waals surface area contributed by atoms with Crippen molar-refractivity contribution >= 4 is 17.3 Å². The third-order valence-corrected chi connectivity index (χ3v) is 3.96. The lowest BCUT2D eigenvalue weighted by atomic mass is 9.96. The highest BCUT2D eigenvalue weighted by molar-refractivity contribution is 7.80. The molecule has 2 N–H and O–H groups in total. The predicted molar refractivity (Wildman–Crippen MR) is 82.2 cm³/mol. The molecule has 0 bridgehead atoms. The van der Waals surface area contributed by atoms with Crippen LogP contribution in [0.3, 0.4) is 0 Å². The maximum Gasteiger partial charge on any atom is 0.166 e. The van der Waals surface area contributed by atoms with Crippen LogP contribution in [0.25, 0.3) is 0 Å². The van der Waals surface area contributed by atoms with Crippen LogP contribution in [-0.4, -0.2) is 27.5 Å². The topological polar surface area (TPSA) is 41.9 Å².